The van der Waals surface area contributed by atoms with Crippen LogP contribution >= 0.6 is 31.9 Å². The first-order valence-corrected chi connectivity index (χ1v) is 7.74. The number of hydrogen-bond donors (Lipinski definition) is 1. The highest BCUT2D eigenvalue weighted by atomic mass is 79.9. The van der Waals surface area contributed by atoms with Crippen LogP contribution in [-0.4, -0.2) is 7.11 Å². The fourth-order valence-corrected chi connectivity index (χ4v) is 3.03. The van der Waals surface area contributed by atoms with E-state index in [9.17, 15) is 8.78 Å². The number of benzene rings is 2. The van der Waals surface area contributed by atoms with Crippen molar-refractivity contribution in [1.29, 1.82) is 0 Å². The predicted octanol–water partition coefficient (Wildman–Crippen LogP) is 4.74. The zero-order valence-corrected chi connectivity index (χ0v) is 14.3. The molecule has 0 radical (unpaired) electrons. The predicted molar refractivity (Wildman–Crippen MR) is 85.4 cm³/mol. The van der Waals surface area contributed by atoms with E-state index < -0.39 is 17.7 Å². The van der Waals surface area contributed by atoms with E-state index in [0.29, 0.717) is 17.7 Å². The second-order valence-electron chi connectivity index (χ2n) is 4.53. The summed E-state index contributed by atoms with van der Waals surface area (Å²) in [5, 5.41) is 0. The normalized spacial score (nSPS) is 12.3. The smallest absolute Gasteiger partial charge is 0.173 e. The van der Waals surface area contributed by atoms with Crippen LogP contribution in [0.5, 0.6) is 5.75 Å². The second-order valence-corrected chi connectivity index (χ2v) is 6.18. The average molecular weight is 421 g/mol. The Bertz CT molecular complexity index is 664. The van der Waals surface area contributed by atoms with Crippen molar-refractivity contribution in [2.24, 2.45) is 5.73 Å². The lowest BCUT2D eigenvalue weighted by Crippen LogP contribution is -2.15. The van der Waals surface area contributed by atoms with Gasteiger partial charge in [0.15, 0.2) is 11.6 Å². The van der Waals surface area contributed by atoms with Gasteiger partial charge in [0.25, 0.3) is 0 Å². The van der Waals surface area contributed by atoms with E-state index in [1.165, 1.54) is 6.07 Å². The molecule has 0 amide bonds. The van der Waals surface area contributed by atoms with Crippen molar-refractivity contribution in [1.82, 2.24) is 0 Å². The molecule has 0 aliphatic heterocycles. The molecule has 0 aliphatic rings. The molecule has 0 bridgehead atoms. The Morgan fingerprint density at radius 2 is 1.90 bits per heavy atom. The lowest BCUT2D eigenvalue weighted by molar-refractivity contribution is 0.414. The van der Waals surface area contributed by atoms with Crippen molar-refractivity contribution in [2.45, 2.75) is 12.5 Å². The molecule has 6 heteroatoms. The highest BCUT2D eigenvalue weighted by Gasteiger charge is 2.17. The third kappa shape index (κ3) is 3.62. The molecule has 0 aliphatic carbocycles. The van der Waals surface area contributed by atoms with Gasteiger partial charge in [0.05, 0.1) is 11.6 Å². The van der Waals surface area contributed by atoms with E-state index in [4.69, 9.17) is 10.5 Å². The Balaban J connectivity index is 2.30. The van der Waals surface area contributed by atoms with Gasteiger partial charge in [-0.1, -0.05) is 22.0 Å². The molecule has 0 spiro atoms. The van der Waals surface area contributed by atoms with Crippen LogP contribution in [0.2, 0.25) is 0 Å². The summed E-state index contributed by atoms with van der Waals surface area (Å²) in [5.74, 6) is -1.11. The molecule has 2 aromatic carbocycles. The van der Waals surface area contributed by atoms with Crippen molar-refractivity contribution in [3.63, 3.8) is 0 Å². The fraction of sp³-hybridized carbons (Fsp3) is 0.200. The molecule has 0 saturated carbocycles. The minimum atomic E-state index is -0.923. The molecular formula is C15H13Br2F2NO. The van der Waals surface area contributed by atoms with E-state index in [1.54, 1.807) is 7.11 Å². The summed E-state index contributed by atoms with van der Waals surface area (Å²) in [7, 11) is 1.58. The van der Waals surface area contributed by atoms with Crippen molar-refractivity contribution in [3.05, 3.63) is 62.0 Å². The van der Waals surface area contributed by atoms with Crippen molar-refractivity contribution >= 4 is 31.9 Å². The van der Waals surface area contributed by atoms with Gasteiger partial charge in [-0.05, 0) is 57.7 Å². The molecule has 0 fully saturated rings. The van der Waals surface area contributed by atoms with Crippen LogP contribution in [0.25, 0.3) is 0 Å². The average Bonchev–Trinajstić information content (AvgIpc) is 2.47. The maximum absolute atomic E-state index is 13.6. The minimum absolute atomic E-state index is 0.0639. The highest BCUT2D eigenvalue weighted by Crippen LogP contribution is 2.31. The maximum atomic E-state index is 13.6. The Morgan fingerprint density at radius 1 is 1.19 bits per heavy atom. The number of ether oxygens (including phenoxy) is 1. The first-order chi connectivity index (χ1) is 9.93. The summed E-state index contributed by atoms with van der Waals surface area (Å²) in [6, 6.07) is 7.64. The topological polar surface area (TPSA) is 35.2 Å². The summed E-state index contributed by atoms with van der Waals surface area (Å²) in [5.41, 5.74) is 7.57. The Labute approximate surface area is 138 Å². The lowest BCUT2D eigenvalue weighted by Gasteiger charge is -2.16. The molecule has 21 heavy (non-hydrogen) atoms. The Morgan fingerprint density at radius 3 is 2.57 bits per heavy atom. The van der Waals surface area contributed by atoms with Crippen LogP contribution in [0.1, 0.15) is 17.2 Å². The van der Waals surface area contributed by atoms with Crippen LogP contribution in [0, 0.1) is 11.6 Å². The fourth-order valence-electron chi connectivity index (χ4n) is 2.01. The molecule has 0 saturated heterocycles. The number of hydrogen-bond acceptors (Lipinski definition) is 2. The lowest BCUT2D eigenvalue weighted by atomic mass is 9.99. The van der Waals surface area contributed by atoms with Crippen molar-refractivity contribution < 1.29 is 13.5 Å². The highest BCUT2D eigenvalue weighted by molar-refractivity contribution is 9.10. The Hall–Kier alpha value is -0.980. The first-order valence-electron chi connectivity index (χ1n) is 6.15. The van der Waals surface area contributed by atoms with Crippen molar-refractivity contribution in [2.75, 3.05) is 7.11 Å². The van der Waals surface area contributed by atoms with E-state index in [0.717, 1.165) is 16.1 Å². The monoisotopic (exact) mass is 419 g/mol. The van der Waals surface area contributed by atoms with Gasteiger partial charge in [0.1, 0.15) is 5.75 Å². The van der Waals surface area contributed by atoms with Gasteiger partial charge in [-0.25, -0.2) is 8.78 Å². The van der Waals surface area contributed by atoms with Crippen LogP contribution in [0.15, 0.2) is 39.3 Å². The molecule has 0 heterocycles. The molecule has 112 valence electrons. The van der Waals surface area contributed by atoms with E-state index in [2.05, 4.69) is 31.9 Å². The van der Waals surface area contributed by atoms with Gasteiger partial charge in [0.2, 0.25) is 0 Å². The molecule has 2 nitrogen and oxygen atoms in total. The maximum Gasteiger partial charge on any atom is 0.173 e. The molecule has 0 aromatic heterocycles. The van der Waals surface area contributed by atoms with E-state index >= 15 is 0 Å². The molecule has 2 N–H and O–H groups in total. The largest absolute Gasteiger partial charge is 0.497 e. The molecular weight excluding hydrogens is 408 g/mol. The number of rotatable bonds is 4. The summed E-state index contributed by atoms with van der Waals surface area (Å²) in [6.45, 7) is 0. The van der Waals surface area contributed by atoms with Crippen LogP contribution in [0.4, 0.5) is 8.78 Å². The Kier molecular flexibility index (Phi) is 5.35. The summed E-state index contributed by atoms with van der Waals surface area (Å²) in [6.07, 6.45) is 0.460. The minimum Gasteiger partial charge on any atom is -0.497 e. The molecule has 1 unspecified atom stereocenters. The van der Waals surface area contributed by atoms with Gasteiger partial charge in [-0.3, -0.25) is 0 Å². The first kappa shape index (κ1) is 16.4. The van der Waals surface area contributed by atoms with E-state index in [-0.39, 0.29) is 4.47 Å². The quantitative estimate of drug-likeness (QED) is 0.725. The zero-order valence-electron chi connectivity index (χ0n) is 11.2. The van der Waals surface area contributed by atoms with Gasteiger partial charge in [-0.2, -0.15) is 0 Å². The number of halogens is 4. The SMILES string of the molecule is COc1ccc(Br)c(CC(N)c2ccc(F)c(F)c2Br)c1. The second kappa shape index (κ2) is 6.85. The van der Waals surface area contributed by atoms with Gasteiger partial charge < -0.3 is 10.5 Å². The molecule has 2 aromatic rings. The summed E-state index contributed by atoms with van der Waals surface area (Å²) < 4.78 is 32.9. The number of nitrogens with two attached hydrogens (primary N) is 1. The van der Waals surface area contributed by atoms with Gasteiger partial charge in [0, 0.05) is 10.5 Å². The van der Waals surface area contributed by atoms with E-state index in [1.807, 2.05) is 18.2 Å². The summed E-state index contributed by atoms with van der Waals surface area (Å²) >= 11 is 6.51. The summed E-state index contributed by atoms with van der Waals surface area (Å²) in [4.78, 5) is 0. The van der Waals surface area contributed by atoms with Crippen LogP contribution < -0.4 is 10.5 Å². The van der Waals surface area contributed by atoms with Gasteiger partial charge in [-0.15, -0.1) is 0 Å². The standard InChI is InChI=1S/C15H13Br2F2NO/c1-21-9-2-4-11(16)8(6-9)7-13(20)10-3-5-12(18)15(19)14(10)17/h2-6,13H,7,20H2,1H3. The third-order valence-corrected chi connectivity index (χ3v) is 4.74. The zero-order chi connectivity index (χ0) is 15.6. The van der Waals surface area contributed by atoms with Crippen molar-refractivity contribution in [3.8, 4) is 5.75 Å². The number of methoxy groups -OCH3 is 1. The van der Waals surface area contributed by atoms with Crippen LogP contribution in [0.3, 0.4) is 0 Å². The molecule has 2 rings (SSSR count). The molecule has 1 atom stereocenters. The van der Waals surface area contributed by atoms with Crippen LogP contribution in [-0.2, 0) is 6.42 Å². The third-order valence-electron chi connectivity index (χ3n) is 3.16. The van der Waals surface area contributed by atoms with Gasteiger partial charge >= 0.3 is 0 Å².